The summed E-state index contributed by atoms with van der Waals surface area (Å²) in [5.74, 6) is -0.665. The molecule has 0 saturated carbocycles. The zero-order valence-corrected chi connectivity index (χ0v) is 14.6. The number of carbonyl (C=O) groups excluding carboxylic acids is 2. The van der Waals surface area contributed by atoms with E-state index in [9.17, 15) is 14.7 Å². The maximum Gasteiger partial charge on any atom is 0.256 e. The zero-order valence-electron chi connectivity index (χ0n) is 12.3. The number of rotatable bonds is 3. The van der Waals surface area contributed by atoms with E-state index in [1.165, 1.54) is 0 Å². The summed E-state index contributed by atoms with van der Waals surface area (Å²) in [6, 6.07) is 8.16. The Balaban J connectivity index is 2.10. The molecule has 1 aliphatic heterocycles. The number of alkyl halides is 1. The third-order valence-electron chi connectivity index (χ3n) is 3.67. The molecule has 0 fully saturated rings. The number of aromatic hydroxyl groups is 1. The first-order valence-electron chi connectivity index (χ1n) is 6.95. The largest absolute Gasteiger partial charge is 0.507 e. The monoisotopic (exact) mass is 401 g/mol. The SMILES string of the molecule is [B]c1cc(/C=C2\C(=O)Nc3ccc(C(=O)CCl)cc32)cc(Br)c1O. The Hall–Kier alpha value is -2.05. The molecule has 0 spiro atoms. The molecule has 0 aliphatic carbocycles. The molecule has 1 amide bonds. The Morgan fingerprint density at radius 3 is 2.75 bits per heavy atom. The molecule has 2 aromatic rings. The van der Waals surface area contributed by atoms with Gasteiger partial charge in [0.2, 0.25) is 0 Å². The van der Waals surface area contributed by atoms with Gasteiger partial charge in [0.15, 0.2) is 5.78 Å². The molecule has 1 heterocycles. The van der Waals surface area contributed by atoms with Crippen LogP contribution in [0.15, 0.2) is 34.8 Å². The van der Waals surface area contributed by atoms with E-state index < -0.39 is 0 Å². The number of amides is 1. The molecule has 3 rings (SSSR count). The smallest absolute Gasteiger partial charge is 0.256 e. The Labute approximate surface area is 153 Å². The number of fused-ring (bicyclic) bond motifs is 1. The summed E-state index contributed by atoms with van der Waals surface area (Å²) in [5, 5.41) is 12.5. The van der Waals surface area contributed by atoms with E-state index in [-0.39, 0.29) is 28.8 Å². The van der Waals surface area contributed by atoms with Crippen LogP contribution < -0.4 is 10.8 Å². The predicted molar refractivity (Wildman–Crippen MR) is 99.2 cm³/mol. The molecule has 1 aliphatic rings. The van der Waals surface area contributed by atoms with Crippen molar-refractivity contribution >= 4 is 69.9 Å². The van der Waals surface area contributed by atoms with Gasteiger partial charge in [-0.2, -0.15) is 0 Å². The normalized spacial score (nSPS) is 14.6. The molecule has 0 unspecified atom stereocenters. The van der Waals surface area contributed by atoms with Crippen molar-refractivity contribution in [3.05, 3.63) is 51.5 Å². The van der Waals surface area contributed by atoms with Gasteiger partial charge in [-0.15, -0.1) is 11.6 Å². The molecule has 2 aromatic carbocycles. The van der Waals surface area contributed by atoms with Gasteiger partial charge in [-0.05, 0) is 51.8 Å². The Morgan fingerprint density at radius 2 is 2.08 bits per heavy atom. The quantitative estimate of drug-likeness (QED) is 0.359. The third kappa shape index (κ3) is 2.99. The topological polar surface area (TPSA) is 66.4 Å². The number of hydrogen-bond acceptors (Lipinski definition) is 3. The van der Waals surface area contributed by atoms with Crippen molar-refractivity contribution in [3.63, 3.8) is 0 Å². The number of ketones is 1. The number of carbonyl (C=O) groups is 2. The fourth-order valence-electron chi connectivity index (χ4n) is 2.47. The number of anilines is 1. The van der Waals surface area contributed by atoms with Crippen LogP contribution in [0, 0.1) is 0 Å². The third-order valence-corrected chi connectivity index (χ3v) is 4.52. The summed E-state index contributed by atoms with van der Waals surface area (Å²) in [5.41, 5.74) is 2.94. The second-order valence-corrected chi connectivity index (χ2v) is 6.39. The maximum absolute atomic E-state index is 12.2. The molecule has 7 heteroatoms. The van der Waals surface area contributed by atoms with Crippen LogP contribution in [0.4, 0.5) is 5.69 Å². The van der Waals surface area contributed by atoms with Crippen LogP contribution in [0.25, 0.3) is 11.6 Å². The molecule has 118 valence electrons. The van der Waals surface area contributed by atoms with Gasteiger partial charge in [0.25, 0.3) is 5.91 Å². The van der Waals surface area contributed by atoms with Gasteiger partial charge in [0.05, 0.1) is 10.4 Å². The highest BCUT2D eigenvalue weighted by Gasteiger charge is 2.25. The first kappa shape index (κ1) is 16.8. The second kappa shape index (κ2) is 6.45. The summed E-state index contributed by atoms with van der Waals surface area (Å²) in [6.07, 6.45) is 1.65. The van der Waals surface area contributed by atoms with E-state index in [4.69, 9.17) is 19.4 Å². The zero-order chi connectivity index (χ0) is 17.4. The maximum atomic E-state index is 12.2. The van der Waals surface area contributed by atoms with E-state index in [0.717, 1.165) is 0 Å². The Bertz CT molecular complexity index is 888. The lowest BCUT2D eigenvalue weighted by Gasteiger charge is -2.06. The molecule has 0 saturated heterocycles. The fourth-order valence-corrected chi connectivity index (χ4v) is 3.12. The van der Waals surface area contributed by atoms with Crippen LogP contribution in [0.3, 0.4) is 0 Å². The van der Waals surface area contributed by atoms with Crippen molar-refractivity contribution in [3.8, 4) is 5.75 Å². The minimum absolute atomic E-state index is 0.0524. The van der Waals surface area contributed by atoms with Gasteiger partial charge >= 0.3 is 0 Å². The van der Waals surface area contributed by atoms with Gasteiger partial charge in [-0.3, -0.25) is 9.59 Å². The lowest BCUT2D eigenvalue weighted by atomic mass is 9.92. The lowest BCUT2D eigenvalue weighted by molar-refractivity contribution is -0.110. The van der Waals surface area contributed by atoms with Gasteiger partial charge in [-0.25, -0.2) is 0 Å². The molecule has 0 aromatic heterocycles. The van der Waals surface area contributed by atoms with Crippen molar-refractivity contribution in [2.75, 3.05) is 11.2 Å². The van der Waals surface area contributed by atoms with E-state index in [1.807, 2.05) is 0 Å². The average Bonchev–Trinajstić information content (AvgIpc) is 2.87. The summed E-state index contributed by atoms with van der Waals surface area (Å²) in [7, 11) is 5.74. The number of phenols is 1. The minimum Gasteiger partial charge on any atom is -0.507 e. The molecule has 4 nitrogen and oxygen atoms in total. The van der Waals surface area contributed by atoms with Crippen molar-refractivity contribution in [1.29, 1.82) is 0 Å². The number of Topliss-reactive ketones (excluding diaryl/α,β-unsaturated/α-hetero) is 1. The van der Waals surface area contributed by atoms with Crippen LogP contribution in [-0.2, 0) is 4.79 Å². The molecule has 2 radical (unpaired) electrons. The molecular weight excluding hydrogens is 392 g/mol. The first-order chi connectivity index (χ1) is 11.4. The highest BCUT2D eigenvalue weighted by molar-refractivity contribution is 9.10. The standard InChI is InChI=1S/C17H10BBrClNO3/c18-12-4-8(5-13(19)16(12)23)3-11-10-6-9(15(22)7-20)1-2-14(10)21-17(11)24/h1-6,23H,7H2,(H,21,24)/b11-3-. The van der Waals surface area contributed by atoms with Gasteiger partial charge in [0.1, 0.15) is 13.6 Å². The van der Waals surface area contributed by atoms with Gasteiger partial charge in [0, 0.05) is 22.4 Å². The number of nitrogens with one attached hydrogen (secondary N) is 1. The van der Waals surface area contributed by atoms with Gasteiger partial charge in [-0.1, -0.05) is 11.5 Å². The molecule has 0 atom stereocenters. The summed E-state index contributed by atoms with van der Waals surface area (Å²) >= 11 is 8.81. The first-order valence-corrected chi connectivity index (χ1v) is 8.28. The average molecular weight is 402 g/mol. The van der Waals surface area contributed by atoms with Crippen molar-refractivity contribution in [2.24, 2.45) is 0 Å². The number of phenolic OH excluding ortho intramolecular Hbond substituents is 1. The predicted octanol–water partition coefficient (Wildman–Crippen LogP) is 2.86. The number of halogens is 2. The van der Waals surface area contributed by atoms with E-state index >= 15 is 0 Å². The molecular formula is C17H10BBrClNO3. The molecule has 24 heavy (non-hydrogen) atoms. The van der Waals surface area contributed by atoms with Crippen molar-refractivity contribution in [2.45, 2.75) is 0 Å². The fraction of sp³-hybridized carbons (Fsp3) is 0.0588. The Morgan fingerprint density at radius 1 is 1.33 bits per heavy atom. The number of hydrogen-bond donors (Lipinski definition) is 2. The second-order valence-electron chi connectivity index (χ2n) is 5.27. The van der Waals surface area contributed by atoms with E-state index in [0.29, 0.717) is 32.4 Å². The Kier molecular flexibility index (Phi) is 4.52. The van der Waals surface area contributed by atoms with Gasteiger partial charge < -0.3 is 10.4 Å². The lowest BCUT2D eigenvalue weighted by Crippen LogP contribution is -2.05. The van der Waals surface area contributed by atoms with Crippen molar-refractivity contribution < 1.29 is 14.7 Å². The van der Waals surface area contributed by atoms with Crippen molar-refractivity contribution in [1.82, 2.24) is 0 Å². The minimum atomic E-state index is -0.275. The summed E-state index contributed by atoms with van der Waals surface area (Å²) in [4.78, 5) is 24.0. The van der Waals surface area contributed by atoms with Crippen LogP contribution in [-0.4, -0.2) is 30.5 Å². The highest BCUT2D eigenvalue weighted by atomic mass is 79.9. The summed E-state index contributed by atoms with van der Waals surface area (Å²) in [6.45, 7) is 0. The van der Waals surface area contributed by atoms with E-state index in [1.54, 1.807) is 36.4 Å². The van der Waals surface area contributed by atoms with E-state index in [2.05, 4.69) is 21.2 Å². The highest BCUT2D eigenvalue weighted by Crippen LogP contribution is 2.34. The van der Waals surface area contributed by atoms with Crippen LogP contribution in [0.5, 0.6) is 5.75 Å². The van der Waals surface area contributed by atoms with Crippen LogP contribution >= 0.6 is 27.5 Å². The summed E-state index contributed by atoms with van der Waals surface area (Å²) < 4.78 is 0.430. The molecule has 0 bridgehead atoms. The number of benzene rings is 2. The molecule has 2 N–H and O–H groups in total. The van der Waals surface area contributed by atoms with Crippen LogP contribution in [0.1, 0.15) is 21.5 Å². The van der Waals surface area contributed by atoms with Crippen LogP contribution in [0.2, 0.25) is 0 Å².